The van der Waals surface area contributed by atoms with E-state index in [1.165, 1.54) is 38.6 Å². The third-order valence-corrected chi connectivity index (χ3v) is 6.91. The van der Waals surface area contributed by atoms with Crippen LogP contribution in [0.15, 0.2) is 76.7 Å². The van der Waals surface area contributed by atoms with Crippen molar-refractivity contribution >= 4 is 13.5 Å². The van der Waals surface area contributed by atoms with Crippen molar-refractivity contribution in [3.63, 3.8) is 0 Å². The highest BCUT2D eigenvalue weighted by Crippen LogP contribution is 2.49. The molecule has 1 aromatic carbocycles. The summed E-state index contributed by atoms with van der Waals surface area (Å²) in [6, 6.07) is 9.00. The summed E-state index contributed by atoms with van der Waals surface area (Å²) >= 11 is 0. The molecule has 0 saturated carbocycles. The Kier molecular flexibility index (Phi) is 7.78. The number of ether oxygens (including phenoxy) is 1. The van der Waals surface area contributed by atoms with Crippen LogP contribution in [0, 0.1) is 5.92 Å². The molecule has 3 rings (SSSR count). The monoisotopic (exact) mass is 476 g/mol. The summed E-state index contributed by atoms with van der Waals surface area (Å²) < 4.78 is 29.5. The van der Waals surface area contributed by atoms with Crippen molar-refractivity contribution in [1.29, 1.82) is 0 Å². The van der Waals surface area contributed by atoms with Gasteiger partial charge in [-0.25, -0.2) is 4.79 Å². The van der Waals surface area contributed by atoms with Gasteiger partial charge in [0.1, 0.15) is 12.3 Å². The van der Waals surface area contributed by atoms with Crippen LogP contribution >= 0.6 is 7.60 Å². The van der Waals surface area contributed by atoms with Gasteiger partial charge in [0.05, 0.1) is 6.10 Å². The van der Waals surface area contributed by atoms with Crippen LogP contribution in [0.3, 0.4) is 0 Å². The SMILES string of the molecule is C=CC[C@@H]1[C@H](O)[C@@H](/C=C/P(=O)(OC)OC)O[C@H]1n1ccc(=O)n(C(=O)c2ccccc2)c1=O. The lowest BCUT2D eigenvalue weighted by atomic mass is 9.96. The predicted octanol–water partition coefficient (Wildman–Crippen LogP) is 2.15. The zero-order chi connectivity index (χ0) is 24.2. The Balaban J connectivity index is 2.02. The number of hydrogen-bond acceptors (Lipinski definition) is 8. The molecule has 1 aliphatic heterocycles. The molecule has 4 atom stereocenters. The molecule has 2 heterocycles. The Hall–Kier alpha value is -2.88. The molecule has 33 heavy (non-hydrogen) atoms. The van der Waals surface area contributed by atoms with Gasteiger partial charge in [-0.3, -0.25) is 18.7 Å². The van der Waals surface area contributed by atoms with Crippen LogP contribution in [-0.4, -0.2) is 46.6 Å². The highest BCUT2D eigenvalue weighted by atomic mass is 31.2. The van der Waals surface area contributed by atoms with E-state index in [9.17, 15) is 24.1 Å². The lowest BCUT2D eigenvalue weighted by Crippen LogP contribution is -2.45. The molecule has 0 spiro atoms. The standard InChI is InChI=1S/C22H25N2O8P/c1-4-8-16-19(26)17(12-14-33(29,30-2)31-3)32-21(16)23-13-11-18(25)24(22(23)28)20(27)15-9-6-5-7-10-15/h4-7,9-14,16-17,19,21,26H,1,8H2,2-3H3/b14-12+/t16-,17-,19+,21-/m1/s1. The summed E-state index contributed by atoms with van der Waals surface area (Å²) in [4.78, 5) is 38.4. The molecule has 0 bridgehead atoms. The predicted molar refractivity (Wildman–Crippen MR) is 120 cm³/mol. The van der Waals surface area contributed by atoms with E-state index in [1.807, 2.05) is 0 Å². The fraction of sp³-hybridized carbons (Fsp3) is 0.318. The maximum absolute atomic E-state index is 13.2. The van der Waals surface area contributed by atoms with Crippen LogP contribution in [-0.2, 0) is 18.3 Å². The molecule has 10 nitrogen and oxygen atoms in total. The number of rotatable bonds is 8. The fourth-order valence-corrected chi connectivity index (χ4v) is 4.38. The first-order valence-corrected chi connectivity index (χ1v) is 11.7. The number of benzene rings is 1. The molecule has 1 fully saturated rings. The van der Waals surface area contributed by atoms with Gasteiger partial charge in [-0.2, -0.15) is 4.57 Å². The molecule has 0 aliphatic carbocycles. The minimum atomic E-state index is -3.51. The maximum atomic E-state index is 13.2. The van der Waals surface area contributed by atoms with Crippen LogP contribution in [0.25, 0.3) is 0 Å². The second-order valence-electron chi connectivity index (χ2n) is 7.27. The second kappa shape index (κ2) is 10.4. The Labute approximate surface area is 189 Å². The summed E-state index contributed by atoms with van der Waals surface area (Å²) in [5, 5.41) is 10.8. The van der Waals surface area contributed by atoms with Gasteiger partial charge < -0.3 is 18.9 Å². The first-order chi connectivity index (χ1) is 15.8. The average Bonchev–Trinajstić information content (AvgIpc) is 3.13. The molecule has 0 radical (unpaired) electrons. The second-order valence-corrected chi connectivity index (χ2v) is 9.38. The van der Waals surface area contributed by atoms with Crippen molar-refractivity contribution in [2.45, 2.75) is 24.9 Å². The molecule has 1 N–H and O–H groups in total. The number of aliphatic hydroxyl groups excluding tert-OH is 1. The van der Waals surface area contributed by atoms with Gasteiger partial charge in [-0.1, -0.05) is 24.3 Å². The quantitative estimate of drug-likeness (QED) is 0.454. The third kappa shape index (κ3) is 5.05. The molecule has 0 amide bonds. The number of carbonyl (C=O) groups excluding carboxylic acids is 1. The molecular weight excluding hydrogens is 451 g/mol. The first-order valence-electron chi connectivity index (χ1n) is 10.0. The largest absolute Gasteiger partial charge is 0.390 e. The first kappa shape index (κ1) is 24.8. The van der Waals surface area contributed by atoms with E-state index < -0.39 is 49.1 Å². The fourth-order valence-electron chi connectivity index (χ4n) is 3.60. The van der Waals surface area contributed by atoms with Crippen LogP contribution < -0.4 is 11.2 Å². The summed E-state index contributed by atoms with van der Waals surface area (Å²) in [6.45, 7) is 3.68. The van der Waals surface area contributed by atoms with Crippen molar-refractivity contribution in [2.24, 2.45) is 5.92 Å². The number of hydrogen-bond donors (Lipinski definition) is 1. The van der Waals surface area contributed by atoms with Crippen molar-refractivity contribution in [3.05, 3.63) is 93.5 Å². The van der Waals surface area contributed by atoms with E-state index in [1.54, 1.807) is 24.3 Å². The lowest BCUT2D eigenvalue weighted by Gasteiger charge is -2.21. The summed E-state index contributed by atoms with van der Waals surface area (Å²) in [7, 11) is -1.07. The molecular formula is C22H25N2O8P. The lowest BCUT2D eigenvalue weighted by molar-refractivity contribution is -0.00270. The Morgan fingerprint density at radius 1 is 1.21 bits per heavy atom. The van der Waals surface area contributed by atoms with Gasteiger partial charge in [-0.15, -0.1) is 6.58 Å². The minimum absolute atomic E-state index is 0.167. The van der Waals surface area contributed by atoms with Crippen LogP contribution in [0.4, 0.5) is 0 Å². The average molecular weight is 476 g/mol. The number of allylic oxidation sites excluding steroid dienone is 1. The molecule has 0 unspecified atom stereocenters. The third-order valence-electron chi connectivity index (χ3n) is 5.35. The minimum Gasteiger partial charge on any atom is -0.390 e. The normalized spacial score (nSPS) is 23.1. The molecule has 11 heteroatoms. The molecule has 176 valence electrons. The van der Waals surface area contributed by atoms with Gasteiger partial charge in [0.2, 0.25) is 0 Å². The highest BCUT2D eigenvalue weighted by Gasteiger charge is 2.43. The van der Waals surface area contributed by atoms with E-state index in [0.717, 1.165) is 16.5 Å². The highest BCUT2D eigenvalue weighted by molar-refractivity contribution is 7.57. The van der Waals surface area contributed by atoms with E-state index in [2.05, 4.69) is 6.58 Å². The smallest absolute Gasteiger partial charge is 0.353 e. The van der Waals surface area contributed by atoms with Crippen LogP contribution in [0.1, 0.15) is 23.0 Å². The molecule has 1 aliphatic rings. The Morgan fingerprint density at radius 2 is 1.88 bits per heavy atom. The van der Waals surface area contributed by atoms with Crippen molar-refractivity contribution in [2.75, 3.05) is 14.2 Å². The molecule has 1 aromatic heterocycles. The van der Waals surface area contributed by atoms with Crippen LogP contribution in [0.2, 0.25) is 0 Å². The molecule has 1 saturated heterocycles. The van der Waals surface area contributed by atoms with Gasteiger partial charge in [0.25, 0.3) is 11.5 Å². The zero-order valence-corrected chi connectivity index (χ0v) is 19.0. The van der Waals surface area contributed by atoms with Gasteiger partial charge in [0.15, 0.2) is 0 Å². The van der Waals surface area contributed by atoms with Gasteiger partial charge >= 0.3 is 13.3 Å². The summed E-state index contributed by atoms with van der Waals surface area (Å²) in [5.74, 6) is -0.259. The van der Waals surface area contributed by atoms with E-state index in [0.29, 0.717) is 4.57 Å². The number of aliphatic hydroxyl groups is 1. The van der Waals surface area contributed by atoms with Gasteiger partial charge in [-0.05, 0) is 24.6 Å². The number of nitrogens with zero attached hydrogens (tertiary/aromatic N) is 2. The van der Waals surface area contributed by atoms with Crippen molar-refractivity contribution in [1.82, 2.24) is 9.13 Å². The Bertz CT molecular complexity index is 1190. The van der Waals surface area contributed by atoms with Gasteiger partial charge in [0, 0.05) is 43.8 Å². The van der Waals surface area contributed by atoms with E-state index in [-0.39, 0.29) is 12.0 Å². The topological polar surface area (TPSA) is 126 Å². The maximum Gasteiger partial charge on any atom is 0.353 e. The number of carbonyl (C=O) groups is 1. The number of aromatic nitrogens is 2. The summed E-state index contributed by atoms with van der Waals surface area (Å²) in [5.41, 5.74) is -1.53. The zero-order valence-electron chi connectivity index (χ0n) is 18.1. The van der Waals surface area contributed by atoms with E-state index >= 15 is 0 Å². The van der Waals surface area contributed by atoms with Crippen molar-refractivity contribution in [3.8, 4) is 0 Å². The van der Waals surface area contributed by atoms with Crippen LogP contribution in [0.5, 0.6) is 0 Å². The molecule has 2 aromatic rings. The van der Waals surface area contributed by atoms with Crippen molar-refractivity contribution < 1.29 is 28.3 Å². The summed E-state index contributed by atoms with van der Waals surface area (Å²) in [6.07, 6.45) is 1.28. The van der Waals surface area contributed by atoms with E-state index in [4.69, 9.17) is 13.8 Å². The Morgan fingerprint density at radius 3 is 2.48 bits per heavy atom.